The second-order valence-corrected chi connectivity index (χ2v) is 13.3. The van der Waals surface area contributed by atoms with Gasteiger partial charge in [-0.05, 0) is 73.4 Å². The number of fused-ring (bicyclic) bond motifs is 2. The lowest BCUT2D eigenvalue weighted by Crippen LogP contribution is -2.69. The first-order valence-electron chi connectivity index (χ1n) is 17.8. The van der Waals surface area contributed by atoms with Gasteiger partial charge in [0.2, 0.25) is 5.79 Å². The van der Waals surface area contributed by atoms with Crippen LogP contribution in [-0.4, -0.2) is 84.3 Å². The molecule has 2 aliphatic carbocycles. The van der Waals surface area contributed by atoms with Crippen LogP contribution in [0.4, 0.5) is 10.5 Å². The van der Waals surface area contributed by atoms with Crippen molar-refractivity contribution in [3.05, 3.63) is 95.1 Å². The van der Waals surface area contributed by atoms with Crippen molar-refractivity contribution in [2.45, 2.75) is 62.7 Å². The van der Waals surface area contributed by atoms with Crippen molar-refractivity contribution in [3.63, 3.8) is 0 Å². The van der Waals surface area contributed by atoms with Gasteiger partial charge in [0.1, 0.15) is 37.0 Å². The molecular weight excluding hydrogens is 670 g/mol. The molecule has 3 aliphatic rings. The highest BCUT2D eigenvalue weighted by Gasteiger charge is 2.65. The number of amides is 1. The number of carbonyl (C=O) groups excluding carboxylic acids is 1. The lowest BCUT2D eigenvalue weighted by molar-refractivity contribution is -0.384. The number of aliphatic hydroxyl groups excluding tert-OH is 2. The smallest absolute Gasteiger partial charge is 0.415 e. The molecule has 2 N–H and O–H groups in total. The van der Waals surface area contributed by atoms with Gasteiger partial charge in [0.05, 0.1) is 23.2 Å². The van der Waals surface area contributed by atoms with E-state index in [2.05, 4.69) is 24.4 Å². The number of likely N-dealkylation sites (N-methyl/N-ethyl adjacent to an activating group) is 1. The van der Waals surface area contributed by atoms with Crippen LogP contribution >= 0.6 is 0 Å². The Bertz CT molecular complexity index is 1640. The molecule has 13 nitrogen and oxygen atoms in total. The summed E-state index contributed by atoms with van der Waals surface area (Å²) in [7, 11) is 3.09. The zero-order valence-electron chi connectivity index (χ0n) is 29.9. The number of nitro groups is 1. The van der Waals surface area contributed by atoms with Crippen LogP contribution in [0.2, 0.25) is 0 Å². The van der Waals surface area contributed by atoms with Gasteiger partial charge in [0.25, 0.3) is 5.69 Å². The summed E-state index contributed by atoms with van der Waals surface area (Å²) in [6, 6.07) is 10.2. The SMILES string of the molecule is C=CCOc1ccc2c(c1)[C@H]1[C@H](CCCCO)[C@@H](CCCCO)C=C3C(=NOC)C[C@H](N(C)C(=O)Oc4ccc([N+](=O)[O-])cc4)[C@@](OCC=C)(O2)[C@H]31. The van der Waals surface area contributed by atoms with Gasteiger partial charge in [-0.25, -0.2) is 4.79 Å². The molecule has 5 rings (SSSR count). The number of unbranched alkanes of at least 4 members (excludes halogenated alkanes) is 2. The third-order valence-corrected chi connectivity index (χ3v) is 10.2. The molecule has 0 aromatic heterocycles. The van der Waals surface area contributed by atoms with Gasteiger partial charge in [-0.3, -0.25) is 10.1 Å². The highest BCUT2D eigenvalue weighted by molar-refractivity contribution is 6.03. The first-order valence-corrected chi connectivity index (χ1v) is 17.8. The van der Waals surface area contributed by atoms with Crippen molar-refractivity contribution in [1.82, 2.24) is 4.90 Å². The molecule has 1 amide bonds. The first kappa shape index (κ1) is 38.5. The molecule has 13 heteroatoms. The van der Waals surface area contributed by atoms with Gasteiger partial charge in [-0.1, -0.05) is 42.8 Å². The summed E-state index contributed by atoms with van der Waals surface area (Å²) in [5.41, 5.74) is 2.35. The minimum atomic E-state index is -1.44. The molecule has 0 saturated heterocycles. The van der Waals surface area contributed by atoms with Gasteiger partial charge in [0, 0.05) is 50.3 Å². The number of carbonyl (C=O) groups is 1. The molecule has 2 aromatic rings. The normalized spacial score (nSPS) is 25.1. The summed E-state index contributed by atoms with van der Waals surface area (Å²) >= 11 is 0. The summed E-state index contributed by atoms with van der Waals surface area (Å²) in [4.78, 5) is 31.5. The van der Waals surface area contributed by atoms with E-state index in [9.17, 15) is 25.1 Å². The molecule has 1 fully saturated rings. The average Bonchev–Trinajstić information content (AvgIpc) is 3.14. The molecular formula is C39H49N3O10. The lowest BCUT2D eigenvalue weighted by atomic mass is 9.55. The van der Waals surface area contributed by atoms with Gasteiger partial charge < -0.3 is 38.9 Å². The fraction of sp³-hybridized carbons (Fsp3) is 0.487. The van der Waals surface area contributed by atoms with Gasteiger partial charge >= 0.3 is 6.09 Å². The second-order valence-electron chi connectivity index (χ2n) is 13.3. The van der Waals surface area contributed by atoms with Crippen LogP contribution in [0.3, 0.4) is 0 Å². The van der Waals surface area contributed by atoms with Crippen molar-refractivity contribution in [3.8, 4) is 17.2 Å². The monoisotopic (exact) mass is 719 g/mol. The topological polar surface area (TPSA) is 162 Å². The van der Waals surface area contributed by atoms with Gasteiger partial charge in [0.15, 0.2) is 0 Å². The highest BCUT2D eigenvalue weighted by Crippen LogP contribution is 2.61. The van der Waals surface area contributed by atoms with Crippen LogP contribution in [0.15, 0.2) is 84.6 Å². The van der Waals surface area contributed by atoms with Crippen molar-refractivity contribution in [1.29, 1.82) is 0 Å². The number of ether oxygens (including phenoxy) is 4. The minimum absolute atomic E-state index is 0.0583. The number of oxime groups is 1. The quantitative estimate of drug-likeness (QED) is 0.0748. The van der Waals surface area contributed by atoms with Crippen molar-refractivity contribution >= 4 is 17.5 Å². The van der Waals surface area contributed by atoms with E-state index >= 15 is 0 Å². The molecule has 1 aliphatic heterocycles. The number of hydrogen-bond acceptors (Lipinski definition) is 11. The Morgan fingerprint density at radius 1 is 1.06 bits per heavy atom. The van der Waals surface area contributed by atoms with Crippen LogP contribution in [0.5, 0.6) is 17.2 Å². The fourth-order valence-electron chi connectivity index (χ4n) is 8.02. The van der Waals surface area contributed by atoms with E-state index in [1.54, 1.807) is 19.2 Å². The van der Waals surface area contributed by atoms with E-state index < -0.39 is 28.8 Å². The predicted octanol–water partition coefficient (Wildman–Crippen LogP) is 6.55. The maximum Gasteiger partial charge on any atom is 0.415 e. The Balaban J connectivity index is 1.68. The molecule has 0 unspecified atom stereocenters. The summed E-state index contributed by atoms with van der Waals surface area (Å²) in [6.45, 7) is 8.33. The Kier molecular flexibility index (Phi) is 13.1. The molecule has 1 heterocycles. The number of nitro benzene ring substituents is 1. The van der Waals surface area contributed by atoms with E-state index in [0.717, 1.165) is 36.8 Å². The Labute approximate surface area is 304 Å². The minimum Gasteiger partial charge on any atom is -0.490 e. The van der Waals surface area contributed by atoms with Crippen LogP contribution in [-0.2, 0) is 9.57 Å². The van der Waals surface area contributed by atoms with Crippen LogP contribution in [0, 0.1) is 27.9 Å². The standard InChI is InChI=1S/C39H49N3O10/c1-5-21-49-29-17-18-34-32(24-29)36-30(12-8-10-20-44)26(11-7-9-19-43)23-31-33(40-48-4)25-35(39(52-34,37(31)36)50-22-6-2)41(3)38(45)51-28-15-13-27(14-16-28)42(46)47/h5-6,13-18,23-24,26,30,35-37,43-44H,1-2,7-12,19-22,25H2,3-4H3/t26-,30+,35-,36+,37+,39+/m0/s1. The molecule has 0 bridgehead atoms. The molecule has 1 saturated carbocycles. The highest BCUT2D eigenvalue weighted by atomic mass is 16.7. The third-order valence-electron chi connectivity index (χ3n) is 10.2. The van der Waals surface area contributed by atoms with Crippen LogP contribution in [0.25, 0.3) is 0 Å². The van der Waals surface area contributed by atoms with Crippen molar-refractivity contribution in [2.24, 2.45) is 22.9 Å². The zero-order valence-corrected chi connectivity index (χ0v) is 29.9. The largest absolute Gasteiger partial charge is 0.490 e. The van der Waals surface area contributed by atoms with E-state index in [0.29, 0.717) is 36.7 Å². The van der Waals surface area contributed by atoms with Crippen LogP contribution < -0.4 is 14.2 Å². The number of benzene rings is 2. The molecule has 0 spiro atoms. The second kappa shape index (κ2) is 17.7. The molecule has 52 heavy (non-hydrogen) atoms. The third kappa shape index (κ3) is 8.01. The molecule has 6 atom stereocenters. The number of allylic oxidation sites excluding steroid dienone is 1. The number of aliphatic hydroxyl groups is 2. The van der Waals surface area contributed by atoms with E-state index in [4.69, 9.17) is 23.8 Å². The molecule has 2 aromatic carbocycles. The zero-order chi connectivity index (χ0) is 37.3. The van der Waals surface area contributed by atoms with E-state index in [1.165, 1.54) is 36.3 Å². The first-order chi connectivity index (χ1) is 25.2. The van der Waals surface area contributed by atoms with E-state index in [-0.39, 0.29) is 55.4 Å². The van der Waals surface area contributed by atoms with Crippen molar-refractivity contribution < 1.29 is 43.7 Å². The van der Waals surface area contributed by atoms with Crippen molar-refractivity contribution in [2.75, 3.05) is 40.6 Å². The molecule has 0 radical (unpaired) electrons. The van der Waals surface area contributed by atoms with Gasteiger partial charge in [-0.2, -0.15) is 0 Å². The predicted molar refractivity (Wildman–Crippen MR) is 195 cm³/mol. The Morgan fingerprint density at radius 2 is 1.75 bits per heavy atom. The number of non-ortho nitro benzene ring substituents is 1. The summed E-state index contributed by atoms with van der Waals surface area (Å²) in [6.07, 6.45) is 9.60. The Hall–Kier alpha value is -4.72. The van der Waals surface area contributed by atoms with E-state index in [1.807, 2.05) is 18.2 Å². The maximum absolute atomic E-state index is 13.9. The summed E-state index contributed by atoms with van der Waals surface area (Å²) < 4.78 is 25.6. The fourth-order valence-corrected chi connectivity index (χ4v) is 8.02. The number of nitrogens with zero attached hydrogens (tertiary/aromatic N) is 3. The summed E-state index contributed by atoms with van der Waals surface area (Å²) in [5, 5.41) is 35.2. The average molecular weight is 720 g/mol. The van der Waals surface area contributed by atoms with Crippen LogP contribution in [0.1, 0.15) is 56.4 Å². The maximum atomic E-state index is 13.9. The molecule has 280 valence electrons. The van der Waals surface area contributed by atoms with Gasteiger partial charge in [-0.15, -0.1) is 6.58 Å². The number of hydrogen-bond donors (Lipinski definition) is 2. The summed E-state index contributed by atoms with van der Waals surface area (Å²) in [5.74, 6) is -0.597. The number of rotatable bonds is 18. The lowest BCUT2D eigenvalue weighted by Gasteiger charge is -2.59. The Morgan fingerprint density at radius 3 is 2.40 bits per heavy atom.